The smallest absolute Gasteiger partial charge is 0.462 e. The fraction of sp³-hybridized carbons (Fsp3) is 0.933. The van der Waals surface area contributed by atoms with Gasteiger partial charge in [-0.3, -0.25) is 37.3 Å². The monoisotopic (exact) mass is 1170 g/mol. The lowest BCUT2D eigenvalue weighted by Gasteiger charge is -2.21. The Balaban J connectivity index is 5.19. The maximum Gasteiger partial charge on any atom is 0.472 e. The molecular formula is C60H116O17P2. The van der Waals surface area contributed by atoms with Gasteiger partial charge in [0.15, 0.2) is 12.2 Å². The average Bonchev–Trinajstić information content (AvgIpc) is 3.40. The number of esters is 4. The van der Waals surface area contributed by atoms with Gasteiger partial charge >= 0.3 is 39.5 Å². The first-order valence-electron chi connectivity index (χ1n) is 31.5. The SMILES string of the molecule is CCCCCCCCCC(=O)OC[C@H](COP(=O)(O)OC[C@H](O)COP(=O)(O)OC[C@@H](COC(=O)CCCCCCCCCCC(C)C)OC(=O)CCCCCCCCCCCCCC(C)C)OC(=O)CCCCCCCCC. The zero-order valence-corrected chi connectivity index (χ0v) is 52.4. The number of hydrogen-bond donors (Lipinski definition) is 3. The second kappa shape index (κ2) is 52.8. The van der Waals surface area contributed by atoms with E-state index in [0.29, 0.717) is 25.7 Å². The molecule has 0 radical (unpaired) electrons. The summed E-state index contributed by atoms with van der Waals surface area (Å²) in [6.07, 6.45) is 33.7. The number of carbonyl (C=O) groups is 4. The van der Waals surface area contributed by atoms with Crippen molar-refractivity contribution in [2.24, 2.45) is 11.8 Å². The second-order valence-corrected chi connectivity index (χ2v) is 25.6. The molecule has 0 aromatic carbocycles. The molecule has 0 aliphatic carbocycles. The van der Waals surface area contributed by atoms with Crippen LogP contribution in [0, 0.1) is 11.8 Å². The molecule has 0 rings (SSSR count). The van der Waals surface area contributed by atoms with Crippen molar-refractivity contribution in [3.8, 4) is 0 Å². The van der Waals surface area contributed by atoms with Crippen molar-refractivity contribution in [3.05, 3.63) is 0 Å². The molecule has 17 nitrogen and oxygen atoms in total. The predicted molar refractivity (Wildman–Crippen MR) is 312 cm³/mol. The molecule has 79 heavy (non-hydrogen) atoms. The summed E-state index contributed by atoms with van der Waals surface area (Å²) in [6, 6.07) is 0. The van der Waals surface area contributed by atoms with Gasteiger partial charge in [0.2, 0.25) is 0 Å². The maximum absolute atomic E-state index is 12.9. The van der Waals surface area contributed by atoms with Crippen LogP contribution in [0.5, 0.6) is 0 Å². The lowest BCUT2D eigenvalue weighted by molar-refractivity contribution is -0.161. The van der Waals surface area contributed by atoms with Crippen LogP contribution in [0.25, 0.3) is 0 Å². The lowest BCUT2D eigenvalue weighted by Crippen LogP contribution is -2.30. The van der Waals surface area contributed by atoms with Crippen LogP contribution in [-0.4, -0.2) is 96.7 Å². The van der Waals surface area contributed by atoms with Gasteiger partial charge in [0.05, 0.1) is 26.4 Å². The van der Waals surface area contributed by atoms with E-state index in [9.17, 15) is 43.2 Å². The first-order chi connectivity index (χ1) is 37.9. The molecule has 0 amide bonds. The van der Waals surface area contributed by atoms with Crippen LogP contribution < -0.4 is 0 Å². The number of aliphatic hydroxyl groups excluding tert-OH is 1. The molecule has 468 valence electrons. The van der Waals surface area contributed by atoms with Gasteiger partial charge in [-0.1, -0.05) is 241 Å². The molecule has 2 unspecified atom stereocenters. The van der Waals surface area contributed by atoms with Crippen molar-refractivity contribution >= 4 is 39.5 Å². The molecule has 0 fully saturated rings. The van der Waals surface area contributed by atoms with E-state index in [2.05, 4.69) is 41.5 Å². The highest BCUT2D eigenvalue weighted by Gasteiger charge is 2.30. The highest BCUT2D eigenvalue weighted by molar-refractivity contribution is 7.47. The molecule has 0 aliphatic heterocycles. The number of phosphoric ester groups is 2. The van der Waals surface area contributed by atoms with E-state index in [-0.39, 0.29) is 25.7 Å². The van der Waals surface area contributed by atoms with E-state index in [1.54, 1.807) is 0 Å². The summed E-state index contributed by atoms with van der Waals surface area (Å²) in [5.41, 5.74) is 0. The first-order valence-corrected chi connectivity index (χ1v) is 34.5. The molecule has 0 spiro atoms. The molecule has 0 aliphatic rings. The topological polar surface area (TPSA) is 237 Å². The zero-order chi connectivity index (χ0) is 58.7. The highest BCUT2D eigenvalue weighted by atomic mass is 31.2. The number of phosphoric acid groups is 2. The van der Waals surface area contributed by atoms with Crippen LogP contribution in [0.1, 0.15) is 292 Å². The summed E-state index contributed by atoms with van der Waals surface area (Å²) >= 11 is 0. The quantitative estimate of drug-likeness (QED) is 0.0222. The van der Waals surface area contributed by atoms with Gasteiger partial charge in [0.1, 0.15) is 19.3 Å². The van der Waals surface area contributed by atoms with Crippen LogP contribution >= 0.6 is 15.6 Å². The summed E-state index contributed by atoms with van der Waals surface area (Å²) in [4.78, 5) is 71.8. The van der Waals surface area contributed by atoms with Gasteiger partial charge in [0, 0.05) is 25.7 Å². The van der Waals surface area contributed by atoms with Gasteiger partial charge in [-0.05, 0) is 37.5 Å². The minimum atomic E-state index is -4.94. The third-order valence-corrected chi connectivity index (χ3v) is 15.6. The first kappa shape index (κ1) is 77.1. The van der Waals surface area contributed by atoms with E-state index < -0.39 is 97.5 Å². The summed E-state index contributed by atoms with van der Waals surface area (Å²) in [7, 11) is -9.87. The van der Waals surface area contributed by atoms with Gasteiger partial charge < -0.3 is 33.8 Å². The maximum atomic E-state index is 12.9. The Morgan fingerprint density at radius 3 is 0.861 bits per heavy atom. The minimum Gasteiger partial charge on any atom is -0.462 e. The minimum absolute atomic E-state index is 0.103. The Bertz CT molecular complexity index is 1560. The molecule has 0 saturated heterocycles. The standard InChI is InChI=1S/C60H116O17P2/c1-7-9-11-13-22-30-36-42-57(62)70-48-55(76-59(64)44-38-32-23-14-12-10-8-2)50-74-78(66,67)72-46-54(61)47-73-79(68,69)75-51-56(49-71-58(63)43-37-31-26-21-20-25-29-35-41-53(5)6)77-60(65)45-39-33-27-19-17-15-16-18-24-28-34-40-52(3)4/h52-56,61H,7-51H2,1-6H3,(H,66,67)(H,68,69)/t54-,55+,56+/m0/s1. The Labute approximate surface area is 479 Å². The molecule has 5 atom stereocenters. The molecular weight excluding hydrogens is 1050 g/mol. The van der Waals surface area contributed by atoms with Gasteiger partial charge in [-0.2, -0.15) is 0 Å². The molecule has 3 N–H and O–H groups in total. The predicted octanol–water partition coefficient (Wildman–Crippen LogP) is 16.1. The van der Waals surface area contributed by atoms with Crippen molar-refractivity contribution in [2.45, 2.75) is 310 Å². The van der Waals surface area contributed by atoms with Gasteiger partial charge in [-0.15, -0.1) is 0 Å². The van der Waals surface area contributed by atoms with E-state index in [1.165, 1.54) is 83.5 Å². The van der Waals surface area contributed by atoms with Crippen LogP contribution in [0.4, 0.5) is 0 Å². The van der Waals surface area contributed by atoms with Crippen molar-refractivity contribution in [2.75, 3.05) is 39.6 Å². The Morgan fingerprint density at radius 1 is 0.342 bits per heavy atom. The number of hydrogen-bond acceptors (Lipinski definition) is 15. The molecule has 0 aromatic rings. The van der Waals surface area contributed by atoms with Crippen molar-refractivity contribution < 1.29 is 80.2 Å². The molecule has 0 aromatic heterocycles. The fourth-order valence-electron chi connectivity index (χ4n) is 8.82. The third kappa shape index (κ3) is 55.0. The average molecular weight is 1170 g/mol. The van der Waals surface area contributed by atoms with E-state index >= 15 is 0 Å². The zero-order valence-electron chi connectivity index (χ0n) is 50.7. The van der Waals surface area contributed by atoms with Crippen molar-refractivity contribution in [1.29, 1.82) is 0 Å². The largest absolute Gasteiger partial charge is 0.472 e. The Kier molecular flexibility index (Phi) is 51.5. The summed E-state index contributed by atoms with van der Waals surface area (Å²) in [5.74, 6) is -0.657. The molecule has 0 heterocycles. The number of carbonyl (C=O) groups excluding carboxylic acids is 4. The van der Waals surface area contributed by atoms with Crippen LogP contribution in [0.15, 0.2) is 0 Å². The number of ether oxygens (including phenoxy) is 4. The van der Waals surface area contributed by atoms with E-state index in [4.69, 9.17) is 37.0 Å². The number of rotatable bonds is 59. The van der Waals surface area contributed by atoms with E-state index in [0.717, 1.165) is 127 Å². The summed E-state index contributed by atoms with van der Waals surface area (Å²) in [5, 5.41) is 10.5. The van der Waals surface area contributed by atoms with Crippen LogP contribution in [-0.2, 0) is 65.4 Å². The second-order valence-electron chi connectivity index (χ2n) is 22.7. The van der Waals surface area contributed by atoms with Gasteiger partial charge in [-0.25, -0.2) is 9.13 Å². The van der Waals surface area contributed by atoms with Crippen LogP contribution in [0.2, 0.25) is 0 Å². The fourth-order valence-corrected chi connectivity index (χ4v) is 10.4. The number of aliphatic hydroxyl groups is 1. The normalized spacial score (nSPS) is 14.4. The highest BCUT2D eigenvalue weighted by Crippen LogP contribution is 2.45. The van der Waals surface area contributed by atoms with Crippen LogP contribution in [0.3, 0.4) is 0 Å². The Hall–Kier alpha value is -1.94. The summed E-state index contributed by atoms with van der Waals surface area (Å²) in [6.45, 7) is 9.34. The lowest BCUT2D eigenvalue weighted by atomic mass is 10.0. The Morgan fingerprint density at radius 2 is 0.582 bits per heavy atom. The third-order valence-electron chi connectivity index (χ3n) is 13.7. The molecule has 0 bridgehead atoms. The van der Waals surface area contributed by atoms with Crippen molar-refractivity contribution in [3.63, 3.8) is 0 Å². The van der Waals surface area contributed by atoms with Gasteiger partial charge in [0.25, 0.3) is 0 Å². The molecule has 0 saturated carbocycles. The number of unbranched alkanes of at least 4 members (excludes halogenated alkanes) is 29. The van der Waals surface area contributed by atoms with Crippen molar-refractivity contribution in [1.82, 2.24) is 0 Å². The molecule has 19 heteroatoms. The van der Waals surface area contributed by atoms with E-state index in [1.807, 2.05) is 0 Å². The summed E-state index contributed by atoms with van der Waals surface area (Å²) < 4.78 is 67.6.